The van der Waals surface area contributed by atoms with Gasteiger partial charge in [0.05, 0.1) is 12.2 Å². The third kappa shape index (κ3) is 7.29. The molecule has 0 spiro atoms. The summed E-state index contributed by atoms with van der Waals surface area (Å²) in [6, 6.07) is 13.2. The molecule has 0 bridgehead atoms. The van der Waals surface area contributed by atoms with Crippen LogP contribution < -0.4 is 15.4 Å². The van der Waals surface area contributed by atoms with Crippen molar-refractivity contribution in [1.29, 1.82) is 0 Å². The fourth-order valence-corrected chi connectivity index (χ4v) is 2.40. The van der Waals surface area contributed by atoms with E-state index in [1.807, 2.05) is 6.92 Å². The second-order valence-electron chi connectivity index (χ2n) is 6.52. The van der Waals surface area contributed by atoms with Crippen LogP contribution in [0.3, 0.4) is 0 Å². The largest absolute Gasteiger partial charge is 0.481 e. The van der Waals surface area contributed by atoms with Crippen molar-refractivity contribution in [1.82, 2.24) is 0 Å². The molecule has 7 heteroatoms. The normalized spacial score (nSPS) is 11.3. The van der Waals surface area contributed by atoms with E-state index in [0.717, 1.165) is 12.8 Å². The van der Waals surface area contributed by atoms with E-state index in [0.29, 0.717) is 29.3 Å². The minimum absolute atomic E-state index is 0.163. The predicted molar refractivity (Wildman–Crippen MR) is 111 cm³/mol. The van der Waals surface area contributed by atoms with Crippen molar-refractivity contribution in [3.63, 3.8) is 0 Å². The van der Waals surface area contributed by atoms with Gasteiger partial charge in [-0.15, -0.1) is 0 Å². The molecule has 0 unspecified atom stereocenters. The fourth-order valence-electron chi connectivity index (χ4n) is 2.40. The first-order chi connectivity index (χ1) is 13.9. The summed E-state index contributed by atoms with van der Waals surface area (Å²) in [5, 5.41) is 5.41. The van der Waals surface area contributed by atoms with Gasteiger partial charge in [0.15, 0.2) is 6.10 Å². The Bertz CT molecular complexity index is 831. The van der Waals surface area contributed by atoms with Crippen LogP contribution >= 0.6 is 0 Å². The minimum atomic E-state index is -0.743. The molecule has 2 rings (SSSR count). The third-order valence-corrected chi connectivity index (χ3v) is 3.98. The lowest BCUT2D eigenvalue weighted by Crippen LogP contribution is -2.30. The third-order valence-electron chi connectivity index (χ3n) is 3.98. The number of hydrogen-bond donors (Lipinski definition) is 2. The number of carbonyl (C=O) groups is 3. The van der Waals surface area contributed by atoms with Crippen LogP contribution in [0.15, 0.2) is 48.5 Å². The number of anilines is 2. The van der Waals surface area contributed by atoms with Crippen LogP contribution in [0.1, 0.15) is 44.0 Å². The lowest BCUT2D eigenvalue weighted by molar-refractivity contribution is -0.122. The van der Waals surface area contributed by atoms with Gasteiger partial charge in [0.1, 0.15) is 5.75 Å². The summed E-state index contributed by atoms with van der Waals surface area (Å²) in [6.45, 7) is 5.49. The van der Waals surface area contributed by atoms with E-state index >= 15 is 0 Å². The van der Waals surface area contributed by atoms with Gasteiger partial charge in [-0.2, -0.15) is 0 Å². The number of benzene rings is 2. The number of carbonyl (C=O) groups excluding carboxylic acids is 3. The van der Waals surface area contributed by atoms with Crippen LogP contribution in [-0.2, 0) is 14.3 Å². The SMILES string of the molecule is CCCCOC(=O)c1ccc(O[C@@H](C)C(=O)Nc2ccc(NC(C)=O)cc2)cc1. The molecular formula is C22H26N2O5. The summed E-state index contributed by atoms with van der Waals surface area (Å²) >= 11 is 0. The lowest BCUT2D eigenvalue weighted by atomic mass is 10.2. The van der Waals surface area contributed by atoms with Gasteiger partial charge in [-0.25, -0.2) is 4.79 Å². The Kier molecular flexibility index (Phi) is 8.21. The molecule has 0 heterocycles. The molecule has 0 fully saturated rings. The molecule has 7 nitrogen and oxygen atoms in total. The molecule has 2 N–H and O–H groups in total. The van der Waals surface area contributed by atoms with Crippen LogP contribution in [0.25, 0.3) is 0 Å². The van der Waals surface area contributed by atoms with E-state index in [-0.39, 0.29) is 17.8 Å². The molecule has 0 aliphatic heterocycles. The zero-order valence-electron chi connectivity index (χ0n) is 16.9. The molecule has 154 valence electrons. The van der Waals surface area contributed by atoms with E-state index in [4.69, 9.17) is 9.47 Å². The summed E-state index contributed by atoms with van der Waals surface area (Å²) in [7, 11) is 0. The van der Waals surface area contributed by atoms with Gasteiger partial charge in [0, 0.05) is 18.3 Å². The smallest absolute Gasteiger partial charge is 0.338 e. The summed E-state index contributed by atoms with van der Waals surface area (Å²) in [5.74, 6) is -0.387. The van der Waals surface area contributed by atoms with Gasteiger partial charge in [-0.3, -0.25) is 9.59 Å². The van der Waals surface area contributed by atoms with Crippen LogP contribution in [0.4, 0.5) is 11.4 Å². The average molecular weight is 398 g/mol. The van der Waals surface area contributed by atoms with Gasteiger partial charge >= 0.3 is 5.97 Å². The Labute approximate surface area is 170 Å². The topological polar surface area (TPSA) is 93.7 Å². The van der Waals surface area contributed by atoms with E-state index in [1.54, 1.807) is 55.5 Å². The Hall–Kier alpha value is -3.35. The molecule has 1 atom stereocenters. The quantitative estimate of drug-likeness (QED) is 0.492. The van der Waals surface area contributed by atoms with Gasteiger partial charge in [-0.1, -0.05) is 13.3 Å². The molecule has 0 aliphatic rings. The molecule has 0 aromatic heterocycles. The number of amides is 2. The number of unbranched alkanes of at least 4 members (excludes halogenated alkanes) is 1. The van der Waals surface area contributed by atoms with Crippen LogP contribution in [-0.4, -0.2) is 30.5 Å². The maximum Gasteiger partial charge on any atom is 0.338 e. The lowest BCUT2D eigenvalue weighted by Gasteiger charge is -2.15. The first-order valence-corrected chi connectivity index (χ1v) is 9.51. The minimum Gasteiger partial charge on any atom is -0.481 e. The van der Waals surface area contributed by atoms with Crippen molar-refractivity contribution in [3.8, 4) is 5.75 Å². The molecule has 29 heavy (non-hydrogen) atoms. The van der Waals surface area contributed by atoms with E-state index in [9.17, 15) is 14.4 Å². The highest BCUT2D eigenvalue weighted by Crippen LogP contribution is 2.17. The highest BCUT2D eigenvalue weighted by atomic mass is 16.5. The van der Waals surface area contributed by atoms with Crippen molar-refractivity contribution >= 4 is 29.2 Å². The average Bonchev–Trinajstić information content (AvgIpc) is 2.69. The first kappa shape index (κ1) is 21.9. The maximum absolute atomic E-state index is 12.3. The molecule has 2 aromatic rings. The highest BCUT2D eigenvalue weighted by molar-refractivity contribution is 5.95. The standard InChI is InChI=1S/C22H26N2O5/c1-4-5-14-28-22(27)17-6-12-20(13-7-17)29-15(2)21(26)24-19-10-8-18(9-11-19)23-16(3)25/h6-13,15H,4-5,14H2,1-3H3,(H,23,25)(H,24,26)/t15-/m0/s1. The number of esters is 1. The number of nitrogens with one attached hydrogen (secondary N) is 2. The van der Waals surface area contributed by atoms with Crippen LogP contribution in [0.5, 0.6) is 5.75 Å². The van der Waals surface area contributed by atoms with Crippen LogP contribution in [0, 0.1) is 0 Å². The van der Waals surface area contributed by atoms with Crippen molar-refractivity contribution in [2.24, 2.45) is 0 Å². The van der Waals surface area contributed by atoms with E-state index < -0.39 is 6.10 Å². The zero-order chi connectivity index (χ0) is 21.2. The van der Waals surface area contributed by atoms with Crippen molar-refractivity contribution in [2.45, 2.75) is 39.7 Å². The summed E-state index contributed by atoms with van der Waals surface area (Å²) in [5.41, 5.74) is 1.67. The second-order valence-corrected chi connectivity index (χ2v) is 6.52. The maximum atomic E-state index is 12.3. The predicted octanol–water partition coefficient (Wildman–Crippen LogP) is 4.01. The molecule has 0 aliphatic carbocycles. The van der Waals surface area contributed by atoms with Crippen molar-refractivity contribution in [3.05, 3.63) is 54.1 Å². The van der Waals surface area contributed by atoms with Gasteiger partial charge < -0.3 is 20.1 Å². The number of rotatable bonds is 9. The first-order valence-electron chi connectivity index (χ1n) is 9.51. The summed E-state index contributed by atoms with van der Waals surface area (Å²) < 4.78 is 10.8. The van der Waals surface area contributed by atoms with Crippen molar-refractivity contribution < 1.29 is 23.9 Å². The molecule has 2 amide bonds. The Morgan fingerprint density at radius 1 is 0.931 bits per heavy atom. The Morgan fingerprint density at radius 2 is 1.52 bits per heavy atom. The number of hydrogen-bond acceptors (Lipinski definition) is 5. The second kappa shape index (κ2) is 10.8. The summed E-state index contributed by atoms with van der Waals surface area (Å²) in [6.07, 6.45) is 1.04. The van der Waals surface area contributed by atoms with Crippen molar-refractivity contribution in [2.75, 3.05) is 17.2 Å². The summed E-state index contributed by atoms with van der Waals surface area (Å²) in [4.78, 5) is 35.3. The monoisotopic (exact) mass is 398 g/mol. The Morgan fingerprint density at radius 3 is 2.07 bits per heavy atom. The molecule has 0 radical (unpaired) electrons. The van der Waals surface area contributed by atoms with E-state index in [1.165, 1.54) is 6.92 Å². The fraction of sp³-hybridized carbons (Fsp3) is 0.318. The Balaban J connectivity index is 1.87. The molecule has 0 saturated heterocycles. The van der Waals surface area contributed by atoms with Gasteiger partial charge in [0.25, 0.3) is 5.91 Å². The van der Waals surface area contributed by atoms with Crippen LogP contribution in [0.2, 0.25) is 0 Å². The van der Waals surface area contributed by atoms with Gasteiger partial charge in [0.2, 0.25) is 5.91 Å². The highest BCUT2D eigenvalue weighted by Gasteiger charge is 2.15. The van der Waals surface area contributed by atoms with E-state index in [2.05, 4.69) is 10.6 Å². The van der Waals surface area contributed by atoms with Gasteiger partial charge in [-0.05, 0) is 61.9 Å². The zero-order valence-corrected chi connectivity index (χ0v) is 16.9. The molecule has 2 aromatic carbocycles. The molecular weight excluding hydrogens is 372 g/mol. The number of ether oxygens (including phenoxy) is 2. The molecule has 0 saturated carbocycles.